The third-order valence-electron chi connectivity index (χ3n) is 3.41. The maximum atomic E-state index is 5.91. The summed E-state index contributed by atoms with van der Waals surface area (Å²) < 4.78 is 0. The second kappa shape index (κ2) is 14.3. The van der Waals surface area contributed by atoms with Crippen LogP contribution >= 0.6 is 11.6 Å². The van der Waals surface area contributed by atoms with Gasteiger partial charge >= 0.3 is 0 Å². The van der Waals surface area contributed by atoms with E-state index in [1.54, 1.807) is 0 Å². The number of alkyl halides is 1. The lowest BCUT2D eigenvalue weighted by molar-refractivity contribution is 0.516. The molecule has 1 atom stereocenters. The van der Waals surface area contributed by atoms with Crippen molar-refractivity contribution in [2.75, 3.05) is 5.88 Å². The molecule has 0 aliphatic rings. The molecule has 2 heteroatoms. The summed E-state index contributed by atoms with van der Waals surface area (Å²) in [5, 5.41) is 0. The average molecular weight is 262 g/mol. The third kappa shape index (κ3) is 14.2. The van der Waals surface area contributed by atoms with Gasteiger partial charge in [0.05, 0.1) is 0 Å². The van der Waals surface area contributed by atoms with E-state index in [9.17, 15) is 0 Å². The maximum Gasteiger partial charge on any atom is 0.0238 e. The Morgan fingerprint density at radius 3 is 1.71 bits per heavy atom. The first-order valence-corrected chi connectivity index (χ1v) is 8.16. The summed E-state index contributed by atoms with van der Waals surface area (Å²) >= 11 is 5.65. The number of nitrogens with two attached hydrogens (primary N) is 1. The van der Waals surface area contributed by atoms with Gasteiger partial charge in [-0.3, -0.25) is 0 Å². The maximum absolute atomic E-state index is 5.91. The van der Waals surface area contributed by atoms with E-state index in [0.29, 0.717) is 11.9 Å². The van der Waals surface area contributed by atoms with Gasteiger partial charge in [-0.2, -0.15) is 0 Å². The van der Waals surface area contributed by atoms with E-state index in [1.807, 2.05) is 0 Å². The van der Waals surface area contributed by atoms with Crippen molar-refractivity contribution in [3.8, 4) is 0 Å². The van der Waals surface area contributed by atoms with Gasteiger partial charge in [0.1, 0.15) is 0 Å². The molecule has 0 fully saturated rings. The molecule has 0 aromatic rings. The average Bonchev–Trinajstić information content (AvgIpc) is 2.32. The number of halogens is 1. The Balaban J connectivity index is 2.98. The van der Waals surface area contributed by atoms with Gasteiger partial charge in [-0.15, -0.1) is 11.6 Å². The number of rotatable bonds is 13. The van der Waals surface area contributed by atoms with Gasteiger partial charge < -0.3 is 5.73 Å². The minimum Gasteiger partial charge on any atom is -0.328 e. The first-order valence-electron chi connectivity index (χ1n) is 7.62. The van der Waals surface area contributed by atoms with Crippen LogP contribution in [0.25, 0.3) is 0 Å². The second-order valence-corrected chi connectivity index (χ2v) is 5.59. The van der Waals surface area contributed by atoms with Gasteiger partial charge in [0, 0.05) is 11.9 Å². The van der Waals surface area contributed by atoms with Gasteiger partial charge in [-0.1, -0.05) is 71.1 Å². The fourth-order valence-electron chi connectivity index (χ4n) is 2.18. The minimum atomic E-state index is 0.335. The van der Waals surface area contributed by atoms with Gasteiger partial charge in [0.25, 0.3) is 0 Å². The van der Waals surface area contributed by atoms with Crippen molar-refractivity contribution in [1.29, 1.82) is 0 Å². The highest BCUT2D eigenvalue weighted by atomic mass is 35.5. The second-order valence-electron chi connectivity index (χ2n) is 5.21. The van der Waals surface area contributed by atoms with Crippen LogP contribution in [0.2, 0.25) is 0 Å². The summed E-state index contributed by atoms with van der Waals surface area (Å²) in [5.74, 6) is 0.707. The van der Waals surface area contributed by atoms with Crippen LogP contribution in [0.3, 0.4) is 0 Å². The van der Waals surface area contributed by atoms with E-state index >= 15 is 0 Å². The Morgan fingerprint density at radius 1 is 0.765 bits per heavy atom. The van der Waals surface area contributed by atoms with Crippen molar-refractivity contribution in [2.24, 2.45) is 5.73 Å². The monoisotopic (exact) mass is 261 g/mol. The molecule has 0 radical (unpaired) electrons. The van der Waals surface area contributed by atoms with Gasteiger partial charge in [0.2, 0.25) is 0 Å². The predicted molar refractivity (Wildman–Crippen MR) is 79.8 cm³/mol. The Morgan fingerprint density at radius 2 is 1.24 bits per heavy atom. The molecule has 0 heterocycles. The van der Waals surface area contributed by atoms with Crippen molar-refractivity contribution in [3.63, 3.8) is 0 Å². The van der Waals surface area contributed by atoms with Gasteiger partial charge in [0.15, 0.2) is 0 Å². The highest BCUT2D eigenvalue weighted by Gasteiger charge is 2.00. The summed E-state index contributed by atoms with van der Waals surface area (Å²) in [6.07, 6.45) is 16.1. The molecule has 0 saturated heterocycles. The van der Waals surface area contributed by atoms with E-state index < -0.39 is 0 Å². The molecule has 1 nitrogen and oxygen atoms in total. The summed E-state index contributed by atoms with van der Waals surface area (Å²) in [6.45, 7) is 2.27. The normalized spacial score (nSPS) is 12.9. The highest BCUT2D eigenvalue weighted by Crippen LogP contribution is 2.12. The summed E-state index contributed by atoms with van der Waals surface area (Å²) in [6, 6.07) is 0.335. The van der Waals surface area contributed by atoms with Crippen LogP contribution in [0.15, 0.2) is 0 Å². The zero-order chi connectivity index (χ0) is 12.8. The molecule has 0 bridgehead atoms. The van der Waals surface area contributed by atoms with Crippen LogP contribution in [0.4, 0.5) is 0 Å². The van der Waals surface area contributed by atoms with E-state index in [-0.39, 0.29) is 0 Å². The molecule has 17 heavy (non-hydrogen) atoms. The standard InChI is InChI=1S/C15H32ClN/c1-2-3-4-5-6-7-8-9-10-11-12-15(17)13-14-16/h15H,2-14,17H2,1H3. The van der Waals surface area contributed by atoms with Crippen LogP contribution < -0.4 is 5.73 Å². The SMILES string of the molecule is CCCCCCCCCCCCC(N)CCCl. The largest absolute Gasteiger partial charge is 0.328 e. The molecule has 0 rings (SSSR count). The van der Waals surface area contributed by atoms with Crippen molar-refractivity contribution < 1.29 is 0 Å². The Bertz CT molecular complexity index is 139. The van der Waals surface area contributed by atoms with Gasteiger partial charge in [-0.25, -0.2) is 0 Å². The van der Waals surface area contributed by atoms with Crippen molar-refractivity contribution >= 4 is 11.6 Å². The molecule has 1 unspecified atom stereocenters. The fourth-order valence-corrected chi connectivity index (χ4v) is 2.46. The topological polar surface area (TPSA) is 26.0 Å². The Labute approximate surface area is 113 Å². The summed E-state index contributed by atoms with van der Waals surface area (Å²) in [4.78, 5) is 0. The molecule has 0 aromatic carbocycles. The molecular weight excluding hydrogens is 230 g/mol. The van der Waals surface area contributed by atoms with Crippen LogP contribution in [-0.2, 0) is 0 Å². The van der Waals surface area contributed by atoms with Gasteiger partial charge in [-0.05, 0) is 12.8 Å². The zero-order valence-electron chi connectivity index (χ0n) is 11.7. The smallest absolute Gasteiger partial charge is 0.0238 e. The van der Waals surface area contributed by atoms with Crippen LogP contribution in [0, 0.1) is 0 Å². The number of hydrogen-bond donors (Lipinski definition) is 1. The lowest BCUT2D eigenvalue weighted by Gasteiger charge is -2.08. The van der Waals surface area contributed by atoms with E-state index in [1.165, 1.54) is 64.2 Å². The molecule has 0 aliphatic heterocycles. The molecule has 0 aliphatic carbocycles. The Hall–Kier alpha value is 0.250. The van der Waals surface area contributed by atoms with Crippen LogP contribution in [0.1, 0.15) is 84.0 Å². The number of hydrogen-bond acceptors (Lipinski definition) is 1. The first kappa shape index (κ1) is 17.2. The fraction of sp³-hybridized carbons (Fsp3) is 1.00. The van der Waals surface area contributed by atoms with Crippen molar-refractivity contribution in [1.82, 2.24) is 0 Å². The van der Waals surface area contributed by atoms with E-state index in [0.717, 1.165) is 12.8 Å². The highest BCUT2D eigenvalue weighted by molar-refractivity contribution is 6.17. The molecule has 0 saturated carbocycles. The van der Waals surface area contributed by atoms with E-state index in [2.05, 4.69) is 6.92 Å². The molecule has 104 valence electrons. The molecule has 0 spiro atoms. The van der Waals surface area contributed by atoms with Crippen LogP contribution in [-0.4, -0.2) is 11.9 Å². The minimum absolute atomic E-state index is 0.335. The predicted octanol–water partition coefficient (Wildman–Crippen LogP) is 5.25. The first-order chi connectivity index (χ1) is 8.31. The summed E-state index contributed by atoms with van der Waals surface area (Å²) in [7, 11) is 0. The molecular formula is C15H32ClN. The van der Waals surface area contributed by atoms with E-state index in [4.69, 9.17) is 17.3 Å². The Kier molecular flexibility index (Phi) is 14.5. The lowest BCUT2D eigenvalue weighted by atomic mass is 10.0. The van der Waals surface area contributed by atoms with Crippen molar-refractivity contribution in [2.45, 2.75) is 90.0 Å². The third-order valence-corrected chi connectivity index (χ3v) is 3.63. The van der Waals surface area contributed by atoms with Crippen LogP contribution in [0.5, 0.6) is 0 Å². The lowest BCUT2D eigenvalue weighted by Crippen LogP contribution is -2.19. The zero-order valence-corrected chi connectivity index (χ0v) is 12.5. The summed E-state index contributed by atoms with van der Waals surface area (Å²) in [5.41, 5.74) is 5.91. The van der Waals surface area contributed by atoms with Crippen molar-refractivity contribution in [3.05, 3.63) is 0 Å². The molecule has 2 N–H and O–H groups in total. The number of unbranched alkanes of at least 4 members (excludes halogenated alkanes) is 9. The molecule has 0 aromatic heterocycles. The quantitative estimate of drug-likeness (QED) is 0.355. The molecule has 0 amide bonds.